The Hall–Kier alpha value is -2.30. The molecule has 2 saturated heterocycles. The number of carboxylic acid groups (broad SMARTS) is 1. The molecule has 0 saturated carbocycles. The van der Waals surface area contributed by atoms with Gasteiger partial charge in [-0.2, -0.15) is 0 Å². The average molecular weight is 391 g/mol. The SMILES string of the molecule is O=C(O)c1c(OC2CN(C(=O)C[C@@H]3CCCN3)C2)ccc2c1O[B-](O)(O)CC2. The van der Waals surface area contributed by atoms with Crippen molar-refractivity contribution in [1.82, 2.24) is 10.2 Å². The number of aryl methyl sites for hydroxylation is 1. The first kappa shape index (κ1) is 19.0. The van der Waals surface area contributed by atoms with Crippen molar-refractivity contribution in [2.45, 2.75) is 44.1 Å². The van der Waals surface area contributed by atoms with Crippen molar-refractivity contribution < 1.29 is 34.1 Å². The molecule has 1 atom stereocenters. The van der Waals surface area contributed by atoms with E-state index in [1.165, 1.54) is 0 Å². The summed E-state index contributed by atoms with van der Waals surface area (Å²) in [5.41, 5.74) is 0.381. The molecule has 3 aliphatic rings. The summed E-state index contributed by atoms with van der Waals surface area (Å²) in [6.45, 7) is -1.32. The highest BCUT2D eigenvalue weighted by Gasteiger charge is 2.36. The number of fused-ring (bicyclic) bond motifs is 1. The fourth-order valence-electron chi connectivity index (χ4n) is 4.00. The summed E-state index contributed by atoms with van der Waals surface area (Å²) in [5.74, 6) is -1.14. The maximum atomic E-state index is 12.3. The first-order valence-corrected chi connectivity index (χ1v) is 9.69. The lowest BCUT2D eigenvalue weighted by Crippen LogP contribution is -2.57. The third-order valence-electron chi connectivity index (χ3n) is 5.59. The molecule has 1 aromatic rings. The first-order valence-electron chi connectivity index (χ1n) is 9.69. The van der Waals surface area contributed by atoms with Crippen LogP contribution in [0.3, 0.4) is 0 Å². The standard InChI is InChI=1S/C18H24BN2O7/c22-15(8-12-2-1-7-20-12)21-9-13(10-21)27-14-4-3-11-5-6-19(25,26)28-17(11)16(14)18(23)24/h3-4,12-13,20,25-26H,1-2,5-10H2,(H,23,24)/q-1/t12-/m0/s1. The molecule has 4 N–H and O–H groups in total. The van der Waals surface area contributed by atoms with E-state index in [0.29, 0.717) is 31.5 Å². The predicted molar refractivity (Wildman–Crippen MR) is 99.4 cm³/mol. The molecule has 10 heteroatoms. The van der Waals surface area contributed by atoms with Crippen LogP contribution in [0, 0.1) is 0 Å². The van der Waals surface area contributed by atoms with E-state index in [1.807, 2.05) is 0 Å². The van der Waals surface area contributed by atoms with Crippen molar-refractivity contribution in [2.75, 3.05) is 19.6 Å². The zero-order chi connectivity index (χ0) is 19.9. The number of carbonyl (C=O) groups is 2. The van der Waals surface area contributed by atoms with Crippen LogP contribution in [0.5, 0.6) is 11.5 Å². The summed E-state index contributed by atoms with van der Waals surface area (Å²) in [6, 6.07) is 3.48. The highest BCUT2D eigenvalue weighted by Crippen LogP contribution is 2.39. The van der Waals surface area contributed by atoms with Crippen LogP contribution in [0.1, 0.15) is 35.2 Å². The number of nitrogens with one attached hydrogen (secondary N) is 1. The van der Waals surface area contributed by atoms with Crippen molar-refractivity contribution in [2.24, 2.45) is 0 Å². The van der Waals surface area contributed by atoms with E-state index >= 15 is 0 Å². The number of carboxylic acids is 1. The zero-order valence-corrected chi connectivity index (χ0v) is 15.5. The summed E-state index contributed by atoms with van der Waals surface area (Å²) in [6.07, 6.45) is 2.59. The Bertz CT molecular complexity index is 788. The molecular formula is C18H24BN2O7-. The molecule has 2 fully saturated rings. The molecule has 28 heavy (non-hydrogen) atoms. The van der Waals surface area contributed by atoms with Crippen LogP contribution in [0.2, 0.25) is 6.32 Å². The van der Waals surface area contributed by atoms with Gasteiger partial charge in [0, 0.05) is 12.5 Å². The molecule has 3 aliphatic heterocycles. The number of nitrogens with zero attached hydrogens (tertiary/aromatic N) is 1. The Labute approximate surface area is 162 Å². The van der Waals surface area contributed by atoms with Crippen LogP contribution < -0.4 is 14.7 Å². The van der Waals surface area contributed by atoms with Crippen LogP contribution in [0.25, 0.3) is 0 Å². The van der Waals surface area contributed by atoms with Crippen molar-refractivity contribution >= 4 is 18.6 Å². The van der Waals surface area contributed by atoms with Gasteiger partial charge in [0.05, 0.1) is 18.8 Å². The van der Waals surface area contributed by atoms with Crippen molar-refractivity contribution in [3.8, 4) is 11.5 Å². The maximum absolute atomic E-state index is 12.3. The quantitative estimate of drug-likeness (QED) is 0.516. The number of likely N-dealkylation sites (tertiary alicyclic amines) is 1. The number of amides is 1. The normalized spacial score (nSPS) is 23.5. The smallest absolute Gasteiger partial charge is 0.430 e. The summed E-state index contributed by atoms with van der Waals surface area (Å²) in [4.78, 5) is 25.8. The van der Waals surface area contributed by atoms with Gasteiger partial charge < -0.3 is 34.8 Å². The second kappa shape index (κ2) is 7.27. The highest BCUT2D eigenvalue weighted by molar-refractivity contribution is 6.59. The van der Waals surface area contributed by atoms with Gasteiger partial charge in [-0.3, -0.25) is 4.79 Å². The monoisotopic (exact) mass is 391 g/mol. The van der Waals surface area contributed by atoms with Gasteiger partial charge in [0.2, 0.25) is 5.91 Å². The van der Waals surface area contributed by atoms with Gasteiger partial charge in [-0.25, -0.2) is 4.79 Å². The molecule has 0 bridgehead atoms. The minimum Gasteiger partial charge on any atom is -0.669 e. The Balaban J connectivity index is 1.42. The Kier molecular flexibility index (Phi) is 4.94. The predicted octanol–water partition coefficient (Wildman–Crippen LogP) is -0.0251. The molecule has 0 unspecified atom stereocenters. The third-order valence-corrected chi connectivity index (χ3v) is 5.59. The summed E-state index contributed by atoms with van der Waals surface area (Å²) >= 11 is 0. The second-order valence-electron chi connectivity index (χ2n) is 7.78. The Morgan fingerprint density at radius 1 is 1.32 bits per heavy atom. The molecule has 9 nitrogen and oxygen atoms in total. The lowest BCUT2D eigenvalue weighted by molar-refractivity contribution is -0.140. The van der Waals surface area contributed by atoms with Gasteiger partial charge >= 0.3 is 12.7 Å². The van der Waals surface area contributed by atoms with Gasteiger partial charge in [-0.1, -0.05) is 12.4 Å². The van der Waals surface area contributed by atoms with Crippen molar-refractivity contribution in [1.29, 1.82) is 0 Å². The van der Waals surface area contributed by atoms with Crippen LogP contribution >= 0.6 is 0 Å². The van der Waals surface area contributed by atoms with E-state index in [-0.39, 0.29) is 41.4 Å². The fourth-order valence-corrected chi connectivity index (χ4v) is 4.00. The van der Waals surface area contributed by atoms with Crippen molar-refractivity contribution in [3.63, 3.8) is 0 Å². The van der Waals surface area contributed by atoms with E-state index in [0.717, 1.165) is 19.4 Å². The van der Waals surface area contributed by atoms with E-state index < -0.39 is 12.7 Å². The average Bonchev–Trinajstić information content (AvgIpc) is 3.08. The number of ether oxygens (including phenoxy) is 1. The topological polar surface area (TPSA) is 129 Å². The van der Waals surface area contributed by atoms with Gasteiger partial charge in [-0.15, -0.1) is 0 Å². The van der Waals surface area contributed by atoms with E-state index in [2.05, 4.69) is 5.32 Å². The number of hydrogen-bond acceptors (Lipinski definition) is 7. The number of benzene rings is 1. The largest absolute Gasteiger partial charge is 0.669 e. The summed E-state index contributed by atoms with van der Waals surface area (Å²) in [7, 11) is 0. The molecule has 0 spiro atoms. The molecule has 4 rings (SSSR count). The zero-order valence-electron chi connectivity index (χ0n) is 15.5. The van der Waals surface area contributed by atoms with E-state index in [4.69, 9.17) is 9.39 Å². The summed E-state index contributed by atoms with van der Waals surface area (Å²) < 4.78 is 11.0. The first-order chi connectivity index (χ1) is 13.3. The van der Waals surface area contributed by atoms with Gasteiger partial charge in [-0.05, 0) is 37.4 Å². The van der Waals surface area contributed by atoms with Crippen LogP contribution in [0.15, 0.2) is 12.1 Å². The second-order valence-corrected chi connectivity index (χ2v) is 7.78. The summed E-state index contributed by atoms with van der Waals surface area (Å²) in [5, 5.41) is 32.5. The minimum atomic E-state index is -3.07. The minimum absolute atomic E-state index is 0.0157. The number of carbonyl (C=O) groups excluding carboxylic acids is 1. The molecule has 3 heterocycles. The van der Waals surface area contributed by atoms with Gasteiger partial charge in [0.15, 0.2) is 0 Å². The van der Waals surface area contributed by atoms with Crippen LogP contribution in [0.4, 0.5) is 0 Å². The molecule has 152 valence electrons. The van der Waals surface area contributed by atoms with Gasteiger partial charge in [0.25, 0.3) is 0 Å². The highest BCUT2D eigenvalue weighted by atomic mass is 16.6. The lowest BCUT2D eigenvalue weighted by Gasteiger charge is -2.40. The lowest BCUT2D eigenvalue weighted by atomic mass is 9.70. The van der Waals surface area contributed by atoms with Crippen LogP contribution in [-0.2, 0) is 11.2 Å². The number of rotatable bonds is 5. The Morgan fingerprint density at radius 2 is 2.11 bits per heavy atom. The Morgan fingerprint density at radius 3 is 2.79 bits per heavy atom. The van der Waals surface area contributed by atoms with E-state index in [9.17, 15) is 24.7 Å². The molecular weight excluding hydrogens is 367 g/mol. The van der Waals surface area contributed by atoms with Gasteiger partial charge in [0.1, 0.15) is 17.4 Å². The third kappa shape index (κ3) is 3.80. The maximum Gasteiger partial charge on any atom is 0.430 e. The fraction of sp³-hybridized carbons (Fsp3) is 0.556. The number of hydrogen-bond donors (Lipinski definition) is 4. The molecule has 1 aromatic carbocycles. The molecule has 0 aliphatic carbocycles. The molecule has 0 radical (unpaired) electrons. The molecule has 0 aromatic heterocycles. The molecule has 1 amide bonds. The van der Waals surface area contributed by atoms with E-state index in [1.54, 1.807) is 17.0 Å². The van der Waals surface area contributed by atoms with Crippen LogP contribution in [-0.4, -0.2) is 70.5 Å². The van der Waals surface area contributed by atoms with Crippen molar-refractivity contribution in [3.05, 3.63) is 23.3 Å². The number of aromatic carboxylic acids is 1.